The molecule has 0 saturated heterocycles. The Morgan fingerprint density at radius 2 is 2.05 bits per heavy atom. The van der Waals surface area contributed by atoms with Gasteiger partial charge >= 0.3 is 0 Å². The van der Waals surface area contributed by atoms with E-state index in [9.17, 15) is 4.89 Å². The summed E-state index contributed by atoms with van der Waals surface area (Å²) in [7, 11) is 3.94. The van der Waals surface area contributed by atoms with Crippen LogP contribution in [0.15, 0.2) is 24.3 Å². The monoisotopic (exact) mass is 319 g/mol. The molecule has 0 amide bonds. The van der Waals surface area contributed by atoms with Gasteiger partial charge in [-0.1, -0.05) is 49.9 Å². The van der Waals surface area contributed by atoms with Crippen LogP contribution in [0.3, 0.4) is 0 Å². The molecule has 1 N–H and O–H groups in total. The predicted molar refractivity (Wildman–Crippen MR) is 88.3 cm³/mol. The molecular weight excluding hydrogens is 297 g/mol. The van der Waals surface area contributed by atoms with E-state index in [0.717, 1.165) is 18.4 Å². The second-order valence-corrected chi connectivity index (χ2v) is 9.91. The van der Waals surface area contributed by atoms with Crippen molar-refractivity contribution in [3.63, 3.8) is 0 Å². The van der Waals surface area contributed by atoms with Crippen molar-refractivity contribution in [1.29, 1.82) is 0 Å². The van der Waals surface area contributed by atoms with Crippen molar-refractivity contribution < 1.29 is 9.42 Å². The number of likely N-dealkylation sites (N-methyl/N-ethyl adjacent to an activating group) is 1. The lowest BCUT2D eigenvalue weighted by molar-refractivity contribution is 0.167. The van der Waals surface area contributed by atoms with Gasteiger partial charge < -0.3 is 14.3 Å². The molecule has 0 aromatic heterocycles. The first-order chi connectivity index (χ1) is 8.83. The second-order valence-electron chi connectivity index (χ2n) is 4.80. The lowest BCUT2D eigenvalue weighted by Crippen LogP contribution is -2.22. The van der Waals surface area contributed by atoms with Crippen molar-refractivity contribution in [2.24, 2.45) is 0 Å². The molecule has 19 heavy (non-hydrogen) atoms. The van der Waals surface area contributed by atoms with Crippen molar-refractivity contribution >= 4 is 29.7 Å². The third-order valence-electron chi connectivity index (χ3n) is 2.72. The standard InChI is InChI=1S/C13H22NO2PS2/c1-4-7-11-8-5-6-9-12(11)13(10-14(2)3)16-17(15,18)19/h5-6,8-9,13H,4,7,10H2,1-3H3,(H2,15,18,19). The van der Waals surface area contributed by atoms with Gasteiger partial charge in [-0.05, 0) is 43.4 Å². The fraction of sp³-hybridized carbons (Fsp3) is 0.538. The number of thiol groups is 1. The summed E-state index contributed by atoms with van der Waals surface area (Å²) in [6.07, 6.45) is 1.82. The van der Waals surface area contributed by atoms with Gasteiger partial charge in [-0.3, -0.25) is 0 Å². The molecule has 1 aromatic carbocycles. The van der Waals surface area contributed by atoms with E-state index >= 15 is 0 Å². The van der Waals surface area contributed by atoms with E-state index in [1.54, 1.807) is 0 Å². The first-order valence-electron chi connectivity index (χ1n) is 6.30. The summed E-state index contributed by atoms with van der Waals surface area (Å²) >= 11 is 8.91. The van der Waals surface area contributed by atoms with Crippen LogP contribution in [0.5, 0.6) is 0 Å². The minimum Gasteiger partial charge on any atom is -0.338 e. The number of nitrogens with zero attached hydrogens (tertiary/aromatic N) is 1. The molecule has 1 aromatic rings. The molecule has 2 unspecified atom stereocenters. The Kier molecular flexibility index (Phi) is 7.01. The average molecular weight is 319 g/mol. The van der Waals surface area contributed by atoms with Crippen LogP contribution in [-0.2, 0) is 22.8 Å². The number of hydrogen-bond donors (Lipinski definition) is 2. The molecule has 6 heteroatoms. The quantitative estimate of drug-likeness (QED) is 0.596. The summed E-state index contributed by atoms with van der Waals surface area (Å²) in [6, 6.07) is 8.15. The lowest BCUT2D eigenvalue weighted by Gasteiger charge is -2.26. The largest absolute Gasteiger partial charge is 0.338 e. The fourth-order valence-electron chi connectivity index (χ4n) is 2.03. The zero-order chi connectivity index (χ0) is 14.5. The Bertz CT molecular complexity index is 448. The van der Waals surface area contributed by atoms with Crippen molar-refractivity contribution in [1.82, 2.24) is 4.90 Å². The summed E-state index contributed by atoms with van der Waals surface area (Å²) in [5.74, 6) is 0. The molecule has 2 atom stereocenters. The zero-order valence-corrected chi connectivity index (χ0v) is 14.2. The summed E-state index contributed by atoms with van der Waals surface area (Å²) in [5, 5.41) is 0. The molecular formula is C13H22NO2PS2. The van der Waals surface area contributed by atoms with Crippen molar-refractivity contribution in [2.45, 2.75) is 25.9 Å². The minimum absolute atomic E-state index is 0.244. The van der Waals surface area contributed by atoms with Gasteiger partial charge in [0.15, 0.2) is 0 Å². The number of aryl methyl sites for hydroxylation is 1. The zero-order valence-electron chi connectivity index (χ0n) is 11.6. The lowest BCUT2D eigenvalue weighted by atomic mass is 9.99. The highest BCUT2D eigenvalue weighted by molar-refractivity contribution is 8.59. The molecule has 0 saturated carbocycles. The van der Waals surface area contributed by atoms with Crippen molar-refractivity contribution in [3.05, 3.63) is 35.4 Å². The van der Waals surface area contributed by atoms with Gasteiger partial charge in [-0.25, -0.2) is 0 Å². The Morgan fingerprint density at radius 3 is 2.58 bits per heavy atom. The van der Waals surface area contributed by atoms with Gasteiger partial charge in [0.2, 0.25) is 5.69 Å². The highest BCUT2D eigenvalue weighted by Crippen LogP contribution is 2.51. The topological polar surface area (TPSA) is 32.7 Å². The molecule has 3 nitrogen and oxygen atoms in total. The average Bonchev–Trinajstić information content (AvgIpc) is 2.27. The van der Waals surface area contributed by atoms with Crippen molar-refractivity contribution in [3.8, 4) is 0 Å². The van der Waals surface area contributed by atoms with E-state index in [4.69, 9.17) is 16.3 Å². The number of rotatable bonds is 7. The van der Waals surface area contributed by atoms with Crippen LogP contribution in [0, 0.1) is 0 Å². The van der Waals surface area contributed by atoms with E-state index in [2.05, 4.69) is 25.2 Å². The minimum atomic E-state index is -2.98. The van der Waals surface area contributed by atoms with Gasteiger partial charge in [0, 0.05) is 6.54 Å². The number of benzene rings is 1. The smallest absolute Gasteiger partial charge is 0.242 e. The van der Waals surface area contributed by atoms with Gasteiger partial charge in [-0.15, -0.1) is 0 Å². The Morgan fingerprint density at radius 1 is 1.42 bits per heavy atom. The second kappa shape index (κ2) is 7.77. The van der Waals surface area contributed by atoms with Crippen LogP contribution in [0.2, 0.25) is 0 Å². The summed E-state index contributed by atoms with van der Waals surface area (Å²) < 4.78 is 5.63. The summed E-state index contributed by atoms with van der Waals surface area (Å²) in [5.41, 5.74) is -0.644. The third-order valence-corrected chi connectivity index (χ3v) is 3.79. The molecule has 0 radical (unpaired) electrons. The van der Waals surface area contributed by atoms with Gasteiger partial charge in [0.05, 0.1) is 0 Å². The first kappa shape index (κ1) is 17.2. The molecule has 0 aliphatic rings. The van der Waals surface area contributed by atoms with E-state index in [0.29, 0.717) is 6.54 Å². The van der Waals surface area contributed by atoms with Crippen LogP contribution in [-0.4, -0.2) is 30.4 Å². The Balaban J connectivity index is 3.05. The maximum atomic E-state index is 9.73. The van der Waals surface area contributed by atoms with Crippen LogP contribution in [0.25, 0.3) is 0 Å². The molecule has 0 spiro atoms. The highest BCUT2D eigenvalue weighted by atomic mass is 32.9. The first-order valence-corrected chi connectivity index (χ1v) is 10.1. The van der Waals surface area contributed by atoms with Crippen LogP contribution >= 0.6 is 17.9 Å². The van der Waals surface area contributed by atoms with Gasteiger partial charge in [0.1, 0.15) is 6.10 Å². The van der Waals surface area contributed by atoms with Gasteiger partial charge in [0.25, 0.3) is 0 Å². The molecule has 0 fully saturated rings. The molecule has 0 bridgehead atoms. The molecule has 108 valence electrons. The van der Waals surface area contributed by atoms with Crippen LogP contribution < -0.4 is 0 Å². The van der Waals surface area contributed by atoms with Crippen LogP contribution in [0.1, 0.15) is 30.6 Å². The maximum Gasteiger partial charge on any atom is 0.242 e. The van der Waals surface area contributed by atoms with Crippen molar-refractivity contribution in [2.75, 3.05) is 20.6 Å². The van der Waals surface area contributed by atoms with E-state index in [1.165, 1.54) is 5.56 Å². The Hall–Kier alpha value is 0.1000. The van der Waals surface area contributed by atoms with Gasteiger partial charge in [-0.2, -0.15) is 0 Å². The van der Waals surface area contributed by atoms with Crippen LogP contribution in [0.4, 0.5) is 0 Å². The maximum absolute atomic E-state index is 9.73. The molecule has 0 heterocycles. The Labute approximate surface area is 126 Å². The number of hydrogen-bond acceptors (Lipinski definition) is 3. The molecule has 1 rings (SSSR count). The third kappa shape index (κ3) is 6.39. The molecule has 0 aliphatic carbocycles. The summed E-state index contributed by atoms with van der Waals surface area (Å²) in [4.78, 5) is 11.8. The fourth-order valence-corrected chi connectivity index (χ4v) is 3.20. The SMILES string of the molecule is CCCc1ccccc1C(CN(C)C)OP(O)(=S)S. The summed E-state index contributed by atoms with van der Waals surface area (Å²) in [6.45, 7) is 2.81. The van der Waals surface area contributed by atoms with E-state index in [1.807, 2.05) is 37.2 Å². The highest BCUT2D eigenvalue weighted by Gasteiger charge is 2.21. The predicted octanol–water partition coefficient (Wildman–Crippen LogP) is 3.41. The molecule has 0 aliphatic heterocycles. The van der Waals surface area contributed by atoms with E-state index in [-0.39, 0.29) is 6.10 Å². The normalized spacial score (nSPS) is 16.3. The van der Waals surface area contributed by atoms with E-state index < -0.39 is 5.69 Å².